The molecule has 29 heavy (non-hydrogen) atoms. The first-order valence-electron chi connectivity index (χ1n) is 9.20. The fourth-order valence-corrected chi connectivity index (χ4v) is 2.77. The molecule has 0 aliphatic heterocycles. The molecule has 0 fully saturated rings. The molecule has 2 atom stereocenters. The highest BCUT2D eigenvalue weighted by Crippen LogP contribution is 2.07. The van der Waals surface area contributed by atoms with E-state index in [2.05, 4.69) is 10.6 Å². The highest BCUT2D eigenvalue weighted by Gasteiger charge is 2.27. The molecule has 0 saturated carbocycles. The number of carbonyl (C=O) groups is 3. The molecule has 0 aliphatic rings. The van der Waals surface area contributed by atoms with E-state index < -0.39 is 29.9 Å². The zero-order valence-electron chi connectivity index (χ0n) is 16.1. The molecule has 0 bridgehead atoms. The van der Waals surface area contributed by atoms with E-state index in [4.69, 9.17) is 10.00 Å². The molecule has 1 unspecified atom stereocenters. The number of amides is 2. The first kappa shape index (κ1) is 21.6. The Kier molecular flexibility index (Phi) is 8.39. The average molecular weight is 393 g/mol. The topological polar surface area (TPSA) is 108 Å². The standard InChI is InChI=1S/C22H23N3O4/c1-29-22(28)19(15-16-9-4-2-5-10-16)25-21(27)18(13-8-14-23)24-20(26)17-11-6-3-7-12-17/h2-7,9-12,18-19H,8,13,15H2,1H3,(H,24,26)(H,25,27)/t18?,19-/m0/s1. The van der Waals surface area contributed by atoms with Crippen molar-refractivity contribution in [3.05, 3.63) is 71.8 Å². The Labute approximate surface area is 169 Å². The summed E-state index contributed by atoms with van der Waals surface area (Å²) in [6, 6.07) is 17.8. The van der Waals surface area contributed by atoms with Gasteiger partial charge in [0.05, 0.1) is 13.2 Å². The molecule has 150 valence electrons. The first-order chi connectivity index (χ1) is 14.0. The van der Waals surface area contributed by atoms with Gasteiger partial charge in [-0.2, -0.15) is 5.26 Å². The highest BCUT2D eigenvalue weighted by molar-refractivity contribution is 5.98. The molecule has 0 saturated heterocycles. The van der Waals surface area contributed by atoms with Gasteiger partial charge in [-0.15, -0.1) is 0 Å². The molecule has 0 heterocycles. The number of nitrogens with zero attached hydrogens (tertiary/aromatic N) is 1. The van der Waals surface area contributed by atoms with E-state index in [9.17, 15) is 14.4 Å². The number of hydrogen-bond donors (Lipinski definition) is 2. The number of methoxy groups -OCH3 is 1. The minimum Gasteiger partial charge on any atom is -0.467 e. The molecule has 0 spiro atoms. The molecule has 2 N–H and O–H groups in total. The van der Waals surface area contributed by atoms with Crippen LogP contribution in [0.2, 0.25) is 0 Å². The van der Waals surface area contributed by atoms with Gasteiger partial charge in [0.25, 0.3) is 5.91 Å². The molecular weight excluding hydrogens is 370 g/mol. The van der Waals surface area contributed by atoms with Crippen LogP contribution in [0.3, 0.4) is 0 Å². The van der Waals surface area contributed by atoms with Gasteiger partial charge in [-0.05, 0) is 24.1 Å². The van der Waals surface area contributed by atoms with Crippen LogP contribution in [-0.2, 0) is 20.7 Å². The largest absolute Gasteiger partial charge is 0.467 e. The quantitative estimate of drug-likeness (QED) is 0.634. The van der Waals surface area contributed by atoms with Crippen molar-refractivity contribution < 1.29 is 19.1 Å². The van der Waals surface area contributed by atoms with E-state index in [0.717, 1.165) is 5.56 Å². The van der Waals surface area contributed by atoms with Gasteiger partial charge in [0.2, 0.25) is 5.91 Å². The van der Waals surface area contributed by atoms with Crippen molar-refractivity contribution in [1.29, 1.82) is 5.26 Å². The van der Waals surface area contributed by atoms with Crippen molar-refractivity contribution >= 4 is 17.8 Å². The van der Waals surface area contributed by atoms with Crippen LogP contribution >= 0.6 is 0 Å². The fraction of sp³-hybridized carbons (Fsp3) is 0.273. The Morgan fingerprint density at radius 3 is 2.17 bits per heavy atom. The number of nitrogens with one attached hydrogen (secondary N) is 2. The number of benzene rings is 2. The third kappa shape index (κ3) is 6.78. The van der Waals surface area contributed by atoms with Crippen molar-refractivity contribution in [3.63, 3.8) is 0 Å². The molecule has 0 aromatic heterocycles. The molecule has 7 nitrogen and oxygen atoms in total. The van der Waals surface area contributed by atoms with Crippen LogP contribution in [0.1, 0.15) is 28.8 Å². The van der Waals surface area contributed by atoms with Crippen molar-refractivity contribution in [2.45, 2.75) is 31.3 Å². The summed E-state index contributed by atoms with van der Waals surface area (Å²) in [6.45, 7) is 0. The second-order valence-electron chi connectivity index (χ2n) is 6.36. The lowest BCUT2D eigenvalue weighted by Crippen LogP contribution is -2.52. The van der Waals surface area contributed by atoms with Crippen LogP contribution in [-0.4, -0.2) is 37.0 Å². The van der Waals surface area contributed by atoms with E-state index in [1.54, 1.807) is 30.3 Å². The molecule has 2 aromatic rings. The van der Waals surface area contributed by atoms with Gasteiger partial charge in [0.15, 0.2) is 0 Å². The van der Waals surface area contributed by atoms with Gasteiger partial charge in [-0.25, -0.2) is 4.79 Å². The second-order valence-corrected chi connectivity index (χ2v) is 6.36. The fourth-order valence-electron chi connectivity index (χ4n) is 2.77. The monoisotopic (exact) mass is 393 g/mol. The molecular formula is C22H23N3O4. The van der Waals surface area contributed by atoms with E-state index in [0.29, 0.717) is 5.56 Å². The normalized spacial score (nSPS) is 12.1. The predicted molar refractivity (Wildman–Crippen MR) is 107 cm³/mol. The van der Waals surface area contributed by atoms with Crippen LogP contribution in [0.25, 0.3) is 0 Å². The summed E-state index contributed by atoms with van der Waals surface area (Å²) >= 11 is 0. The summed E-state index contributed by atoms with van der Waals surface area (Å²) in [5.74, 6) is -1.56. The number of carbonyl (C=O) groups excluding carboxylic acids is 3. The first-order valence-corrected chi connectivity index (χ1v) is 9.20. The predicted octanol–water partition coefficient (Wildman–Crippen LogP) is 1.99. The molecule has 0 aliphatic carbocycles. The van der Waals surface area contributed by atoms with Crippen LogP contribution in [0.4, 0.5) is 0 Å². The number of ether oxygens (including phenoxy) is 1. The maximum Gasteiger partial charge on any atom is 0.328 e. The summed E-state index contributed by atoms with van der Waals surface area (Å²) < 4.78 is 4.80. The third-order valence-electron chi connectivity index (χ3n) is 4.29. The minimum absolute atomic E-state index is 0.0781. The Hall–Kier alpha value is -3.66. The Morgan fingerprint density at radius 2 is 1.59 bits per heavy atom. The van der Waals surface area contributed by atoms with Gasteiger partial charge < -0.3 is 15.4 Å². The Bertz CT molecular complexity index is 863. The van der Waals surface area contributed by atoms with Crippen molar-refractivity contribution in [2.75, 3.05) is 7.11 Å². The van der Waals surface area contributed by atoms with Gasteiger partial charge in [-0.3, -0.25) is 9.59 Å². The smallest absolute Gasteiger partial charge is 0.328 e. The lowest BCUT2D eigenvalue weighted by molar-refractivity contribution is -0.145. The summed E-state index contributed by atoms with van der Waals surface area (Å²) in [5, 5.41) is 14.2. The SMILES string of the molecule is COC(=O)[C@H](Cc1ccccc1)NC(=O)C(CCC#N)NC(=O)c1ccccc1. The van der Waals surface area contributed by atoms with Crippen LogP contribution in [0, 0.1) is 11.3 Å². The molecule has 2 rings (SSSR count). The molecule has 2 amide bonds. The molecule has 0 radical (unpaired) electrons. The summed E-state index contributed by atoms with van der Waals surface area (Å²) in [5.41, 5.74) is 1.25. The van der Waals surface area contributed by atoms with Crippen molar-refractivity contribution in [1.82, 2.24) is 10.6 Å². The highest BCUT2D eigenvalue weighted by atomic mass is 16.5. The molecule has 7 heteroatoms. The van der Waals surface area contributed by atoms with Crippen LogP contribution in [0.5, 0.6) is 0 Å². The third-order valence-corrected chi connectivity index (χ3v) is 4.29. The van der Waals surface area contributed by atoms with Gasteiger partial charge in [0.1, 0.15) is 12.1 Å². The summed E-state index contributed by atoms with van der Waals surface area (Å²) in [4.78, 5) is 37.4. The van der Waals surface area contributed by atoms with Crippen molar-refractivity contribution in [3.8, 4) is 6.07 Å². The van der Waals surface area contributed by atoms with Crippen molar-refractivity contribution in [2.24, 2.45) is 0 Å². The van der Waals surface area contributed by atoms with Gasteiger partial charge in [0, 0.05) is 18.4 Å². The van der Waals surface area contributed by atoms with E-state index in [-0.39, 0.29) is 19.3 Å². The molecule has 2 aromatic carbocycles. The lowest BCUT2D eigenvalue weighted by atomic mass is 10.0. The zero-order valence-corrected chi connectivity index (χ0v) is 16.1. The van der Waals surface area contributed by atoms with Gasteiger partial charge >= 0.3 is 5.97 Å². The maximum absolute atomic E-state index is 12.8. The average Bonchev–Trinajstić information content (AvgIpc) is 2.76. The van der Waals surface area contributed by atoms with Crippen LogP contribution in [0.15, 0.2) is 60.7 Å². The Morgan fingerprint density at radius 1 is 0.966 bits per heavy atom. The van der Waals surface area contributed by atoms with Crippen LogP contribution < -0.4 is 10.6 Å². The minimum atomic E-state index is -0.953. The van der Waals surface area contributed by atoms with E-state index >= 15 is 0 Å². The van der Waals surface area contributed by atoms with E-state index in [1.165, 1.54) is 7.11 Å². The number of esters is 1. The Balaban J connectivity index is 2.11. The van der Waals surface area contributed by atoms with E-state index in [1.807, 2.05) is 36.4 Å². The lowest BCUT2D eigenvalue weighted by Gasteiger charge is -2.22. The number of rotatable bonds is 9. The zero-order chi connectivity index (χ0) is 21.1. The number of hydrogen-bond acceptors (Lipinski definition) is 5. The van der Waals surface area contributed by atoms with Gasteiger partial charge in [-0.1, -0.05) is 48.5 Å². The number of nitriles is 1. The second kappa shape index (κ2) is 11.2. The summed E-state index contributed by atoms with van der Waals surface area (Å²) in [6.07, 6.45) is 0.450. The summed E-state index contributed by atoms with van der Waals surface area (Å²) in [7, 11) is 1.25. The maximum atomic E-state index is 12.8.